The third-order valence-corrected chi connectivity index (χ3v) is 9.25. The number of carbonyl (C=O) groups excluding carboxylic acids is 1. The van der Waals surface area contributed by atoms with Gasteiger partial charge in [0.2, 0.25) is 0 Å². The van der Waals surface area contributed by atoms with Crippen molar-refractivity contribution >= 4 is 5.97 Å². The molecule has 41 heavy (non-hydrogen) atoms. The van der Waals surface area contributed by atoms with E-state index in [2.05, 4.69) is 19.1 Å². The van der Waals surface area contributed by atoms with E-state index in [1.165, 1.54) is 135 Å². The van der Waals surface area contributed by atoms with Crippen molar-refractivity contribution in [1.82, 2.24) is 0 Å². The Morgan fingerprint density at radius 3 is 1.66 bits per heavy atom. The summed E-state index contributed by atoms with van der Waals surface area (Å²) in [6, 6.07) is 0. The van der Waals surface area contributed by atoms with Gasteiger partial charge in [-0.3, -0.25) is 0 Å². The van der Waals surface area contributed by atoms with Crippen LogP contribution in [0.3, 0.4) is 0 Å². The van der Waals surface area contributed by atoms with Crippen LogP contribution in [0.4, 0.5) is 0 Å². The number of rotatable bonds is 28. The van der Waals surface area contributed by atoms with Crippen molar-refractivity contribution in [2.75, 3.05) is 0 Å². The smallest absolute Gasteiger partial charge is 0.334 e. The van der Waals surface area contributed by atoms with E-state index in [9.17, 15) is 4.79 Å². The standard InChI is InChI=1S/C37H64O4/c1-3-4-5-6-7-8-9-10-11-12-13-14-15-16-19-22-25-28-33-35(40-33)36-34(41-36)29-26-23-20-17-18-21-24-27-32-30-31(2)39-37(32)38/h19,22,30-31,33-36H,3-18,20-21,23-29H2,1-2H3/b22-19-/t31-,33?,34?,35?,36?/m0/s1. The molecular formula is C37H64O4. The average molecular weight is 573 g/mol. The van der Waals surface area contributed by atoms with Crippen LogP contribution in [0.25, 0.3) is 0 Å². The van der Waals surface area contributed by atoms with E-state index in [4.69, 9.17) is 14.2 Å². The van der Waals surface area contributed by atoms with Crippen LogP contribution in [0.5, 0.6) is 0 Å². The Bertz CT molecular complexity index is 743. The molecule has 4 unspecified atom stereocenters. The Labute approximate surface area is 253 Å². The Hall–Kier alpha value is -1.13. The first-order valence-electron chi connectivity index (χ1n) is 18.1. The van der Waals surface area contributed by atoms with Crippen LogP contribution in [0.15, 0.2) is 23.8 Å². The van der Waals surface area contributed by atoms with Gasteiger partial charge in [-0.1, -0.05) is 135 Å². The predicted molar refractivity (Wildman–Crippen MR) is 171 cm³/mol. The molecule has 0 aromatic carbocycles. The molecule has 0 radical (unpaired) electrons. The summed E-state index contributed by atoms with van der Waals surface area (Å²) < 4.78 is 17.0. The van der Waals surface area contributed by atoms with Gasteiger partial charge >= 0.3 is 5.97 Å². The number of carbonyl (C=O) groups is 1. The largest absolute Gasteiger partial charge is 0.455 e. The number of unbranched alkanes of at least 4 members (excludes halogenated alkanes) is 19. The Balaban J connectivity index is 1.00. The summed E-state index contributed by atoms with van der Waals surface area (Å²) in [4.78, 5) is 11.6. The number of ether oxygens (including phenoxy) is 3. The van der Waals surface area contributed by atoms with Gasteiger partial charge < -0.3 is 14.2 Å². The van der Waals surface area contributed by atoms with Crippen molar-refractivity contribution in [1.29, 1.82) is 0 Å². The Kier molecular flexibility index (Phi) is 18.1. The van der Waals surface area contributed by atoms with Gasteiger partial charge in [0.05, 0.1) is 12.2 Å². The summed E-state index contributed by atoms with van der Waals surface area (Å²) in [5.41, 5.74) is 0.884. The summed E-state index contributed by atoms with van der Waals surface area (Å²) in [5, 5.41) is 0. The zero-order valence-electron chi connectivity index (χ0n) is 26.9. The second-order valence-electron chi connectivity index (χ2n) is 13.2. The first-order chi connectivity index (χ1) is 20.2. The van der Waals surface area contributed by atoms with Gasteiger partial charge in [-0.2, -0.15) is 0 Å². The van der Waals surface area contributed by atoms with Crippen LogP contribution >= 0.6 is 0 Å². The van der Waals surface area contributed by atoms with E-state index < -0.39 is 0 Å². The van der Waals surface area contributed by atoms with Crippen molar-refractivity contribution in [3.63, 3.8) is 0 Å². The molecule has 0 spiro atoms. The molecule has 0 N–H and O–H groups in total. The SMILES string of the molecule is CCCCCCCCCCCCCCC/C=C\CCC1OC1C1OC1CCCCCCCCCC1=C[C@H](C)OC1=O. The molecule has 3 heterocycles. The molecular weight excluding hydrogens is 508 g/mol. The number of hydrogen-bond donors (Lipinski definition) is 0. The number of esters is 1. The summed E-state index contributed by atoms with van der Waals surface area (Å²) in [6.07, 6.45) is 41.3. The van der Waals surface area contributed by atoms with Gasteiger partial charge in [-0.05, 0) is 57.9 Å². The molecule has 3 aliphatic heterocycles. The van der Waals surface area contributed by atoms with Crippen LogP contribution in [0, 0.1) is 0 Å². The van der Waals surface area contributed by atoms with Crippen LogP contribution in [-0.4, -0.2) is 36.5 Å². The van der Waals surface area contributed by atoms with Gasteiger partial charge in [-0.15, -0.1) is 0 Å². The molecule has 0 aromatic heterocycles. The summed E-state index contributed by atoms with van der Waals surface area (Å²) in [6.45, 7) is 4.22. The second kappa shape index (κ2) is 21.5. The minimum atomic E-state index is -0.103. The Morgan fingerprint density at radius 1 is 0.610 bits per heavy atom. The van der Waals surface area contributed by atoms with Gasteiger partial charge in [0.1, 0.15) is 18.3 Å². The molecule has 0 amide bonds. The third kappa shape index (κ3) is 15.8. The van der Waals surface area contributed by atoms with Gasteiger partial charge in [0.25, 0.3) is 0 Å². The quantitative estimate of drug-likeness (QED) is 0.0405. The van der Waals surface area contributed by atoms with Gasteiger partial charge in [-0.25, -0.2) is 4.79 Å². The monoisotopic (exact) mass is 572 g/mol. The van der Waals surface area contributed by atoms with Crippen LogP contribution in [0.2, 0.25) is 0 Å². The summed E-state index contributed by atoms with van der Waals surface area (Å²) in [5.74, 6) is -0.103. The fraction of sp³-hybridized carbons (Fsp3) is 0.865. The lowest BCUT2D eigenvalue weighted by Crippen LogP contribution is -2.05. The van der Waals surface area contributed by atoms with E-state index in [0.717, 1.165) is 31.3 Å². The molecule has 2 fully saturated rings. The molecule has 4 nitrogen and oxygen atoms in total. The first kappa shape index (κ1) is 34.4. The highest BCUT2D eigenvalue weighted by molar-refractivity contribution is 5.90. The minimum Gasteiger partial charge on any atom is -0.455 e. The lowest BCUT2D eigenvalue weighted by atomic mass is 10.0. The van der Waals surface area contributed by atoms with Crippen molar-refractivity contribution in [3.05, 3.63) is 23.8 Å². The number of epoxide rings is 2. The van der Waals surface area contributed by atoms with Crippen LogP contribution in [0.1, 0.15) is 174 Å². The molecule has 0 aliphatic carbocycles. The molecule has 236 valence electrons. The van der Waals surface area contributed by atoms with E-state index in [0.29, 0.717) is 24.4 Å². The maximum atomic E-state index is 11.6. The predicted octanol–water partition coefficient (Wildman–Crippen LogP) is 10.7. The van der Waals surface area contributed by atoms with Crippen molar-refractivity contribution in [2.45, 2.75) is 205 Å². The van der Waals surface area contributed by atoms with Gasteiger partial charge in [0.15, 0.2) is 0 Å². The van der Waals surface area contributed by atoms with Crippen molar-refractivity contribution < 1.29 is 19.0 Å². The lowest BCUT2D eigenvalue weighted by molar-refractivity contribution is -0.139. The molecule has 3 aliphatic rings. The fourth-order valence-corrected chi connectivity index (χ4v) is 6.49. The fourth-order valence-electron chi connectivity index (χ4n) is 6.49. The minimum absolute atomic E-state index is 0.0318. The first-order valence-corrected chi connectivity index (χ1v) is 18.1. The number of cyclic esters (lactones) is 1. The van der Waals surface area contributed by atoms with E-state index in [-0.39, 0.29) is 12.1 Å². The van der Waals surface area contributed by atoms with E-state index >= 15 is 0 Å². The van der Waals surface area contributed by atoms with E-state index in [1.54, 1.807) is 0 Å². The maximum absolute atomic E-state index is 11.6. The molecule has 4 heteroatoms. The highest BCUT2D eigenvalue weighted by Gasteiger charge is 2.56. The van der Waals surface area contributed by atoms with E-state index in [1.807, 2.05) is 13.0 Å². The zero-order valence-corrected chi connectivity index (χ0v) is 26.9. The molecule has 5 atom stereocenters. The topological polar surface area (TPSA) is 51.4 Å². The van der Waals surface area contributed by atoms with Crippen LogP contribution < -0.4 is 0 Å². The van der Waals surface area contributed by atoms with Crippen LogP contribution in [-0.2, 0) is 19.0 Å². The van der Waals surface area contributed by atoms with Gasteiger partial charge in [0, 0.05) is 5.57 Å². The lowest BCUT2D eigenvalue weighted by Gasteiger charge is -2.02. The summed E-state index contributed by atoms with van der Waals surface area (Å²) in [7, 11) is 0. The molecule has 0 aromatic rings. The normalized spacial score (nSPS) is 25.2. The third-order valence-electron chi connectivity index (χ3n) is 9.25. The molecule has 0 saturated carbocycles. The number of allylic oxidation sites excluding steroid dienone is 2. The second-order valence-corrected chi connectivity index (χ2v) is 13.2. The Morgan fingerprint density at radius 2 is 1.10 bits per heavy atom. The van der Waals surface area contributed by atoms with Crippen molar-refractivity contribution in [3.8, 4) is 0 Å². The average Bonchev–Trinajstić information content (AvgIpc) is 3.87. The maximum Gasteiger partial charge on any atom is 0.334 e. The molecule has 2 saturated heterocycles. The highest BCUT2D eigenvalue weighted by atomic mass is 16.7. The number of hydrogen-bond acceptors (Lipinski definition) is 4. The summed E-state index contributed by atoms with van der Waals surface area (Å²) >= 11 is 0. The zero-order chi connectivity index (χ0) is 29.0. The molecule has 3 rings (SSSR count). The molecule has 0 bridgehead atoms. The van der Waals surface area contributed by atoms with Crippen molar-refractivity contribution in [2.24, 2.45) is 0 Å². The highest BCUT2D eigenvalue weighted by Crippen LogP contribution is 2.42.